The highest BCUT2D eigenvalue weighted by molar-refractivity contribution is 5.93. The van der Waals surface area contributed by atoms with E-state index >= 15 is 0 Å². The Kier molecular flexibility index (Phi) is 11.6. The molecule has 9 heteroatoms. The Hall–Kier alpha value is -1.91. The van der Waals surface area contributed by atoms with Crippen molar-refractivity contribution in [3.8, 4) is 0 Å². The van der Waals surface area contributed by atoms with E-state index in [0.29, 0.717) is 24.4 Å². The van der Waals surface area contributed by atoms with Crippen LogP contribution in [0.5, 0.6) is 0 Å². The molecule has 1 heterocycles. The normalized spacial score (nSPS) is 10.1. The molecule has 1 aromatic rings. The Morgan fingerprint density at radius 1 is 1.26 bits per heavy atom. The van der Waals surface area contributed by atoms with E-state index in [1.807, 2.05) is 0 Å². The molecule has 0 saturated heterocycles. The van der Waals surface area contributed by atoms with Gasteiger partial charge >= 0.3 is 12.1 Å². The SMILES string of the molecule is CC(C)CCCN(CC(=O)O)C(=O)OC[n+]1cccc(C(=O)N(C)C)c1.[I-]. The molecule has 152 valence electrons. The molecule has 0 radical (unpaired) electrons. The van der Waals surface area contributed by atoms with Crippen LogP contribution >= 0.6 is 0 Å². The minimum atomic E-state index is -1.09. The first-order valence-corrected chi connectivity index (χ1v) is 8.55. The summed E-state index contributed by atoms with van der Waals surface area (Å²) in [5.74, 6) is -0.769. The van der Waals surface area contributed by atoms with Gasteiger partial charge in [-0.3, -0.25) is 14.5 Å². The van der Waals surface area contributed by atoms with Crippen LogP contribution in [-0.4, -0.2) is 60.1 Å². The van der Waals surface area contributed by atoms with Crippen molar-refractivity contribution in [2.45, 2.75) is 33.4 Å². The highest BCUT2D eigenvalue weighted by Crippen LogP contribution is 2.06. The van der Waals surface area contributed by atoms with Crippen LogP contribution in [0.4, 0.5) is 4.79 Å². The molecule has 8 nitrogen and oxygen atoms in total. The molecular formula is C18H28IN3O5. The van der Waals surface area contributed by atoms with Crippen molar-refractivity contribution in [1.29, 1.82) is 0 Å². The number of amides is 2. The quantitative estimate of drug-likeness (QED) is 0.338. The number of ether oxygens (including phenoxy) is 1. The maximum absolute atomic E-state index is 12.2. The second kappa shape index (κ2) is 12.5. The number of carboxylic acid groups (broad SMARTS) is 1. The van der Waals surface area contributed by atoms with E-state index in [4.69, 9.17) is 9.84 Å². The first kappa shape index (κ1) is 25.1. The summed E-state index contributed by atoms with van der Waals surface area (Å²) < 4.78 is 6.76. The predicted octanol–water partition coefficient (Wildman–Crippen LogP) is -1.40. The van der Waals surface area contributed by atoms with Gasteiger partial charge in [0.25, 0.3) is 12.6 Å². The second-order valence-corrected chi connectivity index (χ2v) is 6.70. The highest BCUT2D eigenvalue weighted by atomic mass is 127. The van der Waals surface area contributed by atoms with E-state index in [0.717, 1.165) is 6.42 Å². The molecule has 0 saturated carbocycles. The van der Waals surface area contributed by atoms with Gasteiger partial charge in [-0.05, 0) is 24.8 Å². The van der Waals surface area contributed by atoms with E-state index in [1.165, 1.54) is 9.80 Å². The van der Waals surface area contributed by atoms with Gasteiger partial charge in [0.2, 0.25) is 0 Å². The number of aliphatic carboxylic acids is 1. The molecule has 27 heavy (non-hydrogen) atoms. The zero-order valence-corrected chi connectivity index (χ0v) is 18.4. The summed E-state index contributed by atoms with van der Waals surface area (Å²) in [7, 11) is 3.31. The van der Waals surface area contributed by atoms with Crippen LogP contribution in [0.1, 0.15) is 37.0 Å². The van der Waals surface area contributed by atoms with Gasteiger partial charge in [-0.25, -0.2) is 4.79 Å². The first-order chi connectivity index (χ1) is 12.2. The van der Waals surface area contributed by atoms with Gasteiger partial charge in [-0.15, -0.1) is 0 Å². The number of hydrogen-bond donors (Lipinski definition) is 1. The van der Waals surface area contributed by atoms with E-state index < -0.39 is 18.6 Å². The summed E-state index contributed by atoms with van der Waals surface area (Å²) in [6.07, 6.45) is 4.16. The third kappa shape index (κ3) is 9.55. The van der Waals surface area contributed by atoms with Gasteiger partial charge in [-0.1, -0.05) is 13.8 Å². The molecule has 0 aliphatic carbocycles. The van der Waals surface area contributed by atoms with Crippen molar-refractivity contribution < 1.29 is 52.8 Å². The van der Waals surface area contributed by atoms with E-state index in [-0.39, 0.29) is 36.6 Å². The smallest absolute Gasteiger partial charge is 0.415 e. The third-order valence-electron chi connectivity index (χ3n) is 3.64. The standard InChI is InChI=1S/C18H27N3O5.HI/c1-14(2)7-5-10-21(12-16(22)23)18(25)26-13-20-9-6-8-15(11-20)17(24)19(3)4;/h6,8-9,11,14H,5,7,10,12-13H2,1-4H3;1H. The van der Waals surface area contributed by atoms with Crippen LogP contribution < -0.4 is 28.5 Å². The molecule has 0 aromatic carbocycles. The number of nitrogens with zero attached hydrogens (tertiary/aromatic N) is 3. The lowest BCUT2D eigenvalue weighted by Gasteiger charge is -2.19. The van der Waals surface area contributed by atoms with E-state index in [1.54, 1.807) is 43.2 Å². The van der Waals surface area contributed by atoms with E-state index in [9.17, 15) is 14.4 Å². The Bertz CT molecular complexity index is 637. The lowest BCUT2D eigenvalue weighted by Crippen LogP contribution is -3.00. The highest BCUT2D eigenvalue weighted by Gasteiger charge is 2.20. The molecule has 0 aliphatic rings. The fourth-order valence-electron chi connectivity index (χ4n) is 2.30. The maximum Gasteiger partial charge on any atom is 0.415 e. The summed E-state index contributed by atoms with van der Waals surface area (Å²) in [6.45, 7) is 3.96. The number of pyridine rings is 1. The molecule has 2 amide bonds. The van der Waals surface area contributed by atoms with Crippen molar-refractivity contribution >= 4 is 18.0 Å². The van der Waals surface area contributed by atoms with Crippen LogP contribution in [0, 0.1) is 5.92 Å². The monoisotopic (exact) mass is 493 g/mol. The number of carboxylic acids is 1. The first-order valence-electron chi connectivity index (χ1n) is 8.55. The molecular weight excluding hydrogens is 465 g/mol. The van der Waals surface area contributed by atoms with Gasteiger partial charge < -0.3 is 38.7 Å². The minimum absolute atomic E-state index is 0. The van der Waals surface area contributed by atoms with Crippen LogP contribution in [0.2, 0.25) is 0 Å². The zero-order chi connectivity index (χ0) is 19.7. The van der Waals surface area contributed by atoms with Crippen LogP contribution in [-0.2, 0) is 16.3 Å². The molecule has 0 fully saturated rings. The van der Waals surface area contributed by atoms with Crippen molar-refractivity contribution in [3.63, 3.8) is 0 Å². The number of carbonyl (C=O) groups is 3. The fourth-order valence-corrected chi connectivity index (χ4v) is 2.30. The largest absolute Gasteiger partial charge is 1.00 e. The summed E-state index contributed by atoms with van der Waals surface area (Å²) >= 11 is 0. The van der Waals surface area contributed by atoms with E-state index in [2.05, 4.69) is 13.8 Å². The average molecular weight is 493 g/mol. The lowest BCUT2D eigenvalue weighted by molar-refractivity contribution is -0.727. The van der Waals surface area contributed by atoms with Crippen LogP contribution in [0.15, 0.2) is 24.5 Å². The summed E-state index contributed by atoms with van der Waals surface area (Å²) in [5, 5.41) is 8.98. The molecule has 0 aliphatic heterocycles. The zero-order valence-electron chi connectivity index (χ0n) is 16.2. The van der Waals surface area contributed by atoms with Crippen molar-refractivity contribution in [1.82, 2.24) is 9.80 Å². The van der Waals surface area contributed by atoms with Crippen LogP contribution in [0.25, 0.3) is 0 Å². The Balaban J connectivity index is 0.00000676. The second-order valence-electron chi connectivity index (χ2n) is 6.70. The van der Waals surface area contributed by atoms with Gasteiger partial charge in [0, 0.05) is 26.7 Å². The van der Waals surface area contributed by atoms with Gasteiger partial charge in [0.15, 0.2) is 12.4 Å². The fraction of sp³-hybridized carbons (Fsp3) is 0.556. The Labute approximate surface area is 177 Å². The summed E-state index contributed by atoms with van der Waals surface area (Å²) in [6, 6.07) is 3.35. The minimum Gasteiger partial charge on any atom is -1.00 e. The van der Waals surface area contributed by atoms with Gasteiger partial charge in [0.1, 0.15) is 12.1 Å². The summed E-state index contributed by atoms with van der Waals surface area (Å²) in [5.41, 5.74) is 0.466. The van der Waals surface area contributed by atoms with Crippen molar-refractivity contribution in [2.24, 2.45) is 5.92 Å². The van der Waals surface area contributed by atoms with Crippen LogP contribution in [0.3, 0.4) is 0 Å². The summed E-state index contributed by atoms with van der Waals surface area (Å²) in [4.78, 5) is 37.8. The molecule has 1 aromatic heterocycles. The molecule has 0 atom stereocenters. The third-order valence-corrected chi connectivity index (χ3v) is 3.64. The molecule has 1 rings (SSSR count). The molecule has 1 N–H and O–H groups in total. The Morgan fingerprint density at radius 2 is 1.93 bits per heavy atom. The number of aromatic nitrogens is 1. The van der Waals surface area contributed by atoms with Crippen molar-refractivity contribution in [3.05, 3.63) is 30.1 Å². The number of halogens is 1. The number of hydrogen-bond acceptors (Lipinski definition) is 4. The Morgan fingerprint density at radius 3 is 2.48 bits per heavy atom. The maximum atomic E-state index is 12.2. The lowest BCUT2D eigenvalue weighted by atomic mass is 10.1. The average Bonchev–Trinajstić information content (AvgIpc) is 2.57. The van der Waals surface area contributed by atoms with Gasteiger partial charge in [0.05, 0.1) is 0 Å². The number of carbonyl (C=O) groups excluding carboxylic acids is 2. The van der Waals surface area contributed by atoms with Gasteiger partial charge in [-0.2, -0.15) is 4.57 Å². The van der Waals surface area contributed by atoms with Crippen molar-refractivity contribution in [2.75, 3.05) is 27.2 Å². The molecule has 0 unspecified atom stereocenters. The predicted molar refractivity (Wildman–Crippen MR) is 94.4 cm³/mol. The molecule has 0 bridgehead atoms. The number of rotatable bonds is 9. The molecule has 0 spiro atoms. The topological polar surface area (TPSA) is 91.0 Å².